The zero-order valence-electron chi connectivity index (χ0n) is 19.6. The number of rotatable bonds is 6. The number of hydrogen-bond acceptors (Lipinski definition) is 4. The maximum absolute atomic E-state index is 13.0. The number of aliphatic hydroxyl groups excluding tert-OH is 1. The van der Waals surface area contributed by atoms with Gasteiger partial charge in [-0.25, -0.2) is 0 Å². The van der Waals surface area contributed by atoms with E-state index in [-0.39, 0.29) is 23.2 Å². The summed E-state index contributed by atoms with van der Waals surface area (Å²) in [4.78, 5) is 20.9. The number of carbonyl (C=O) groups is 1. The van der Waals surface area contributed by atoms with E-state index in [2.05, 4.69) is 9.72 Å². The molecule has 0 spiro atoms. The van der Waals surface area contributed by atoms with E-state index >= 15 is 0 Å². The minimum absolute atomic E-state index is 0.0206. The molecule has 0 radical (unpaired) electrons. The molecule has 1 heterocycles. The molecule has 1 saturated carbocycles. The van der Waals surface area contributed by atoms with Crippen LogP contribution >= 0.6 is 0 Å². The van der Waals surface area contributed by atoms with E-state index in [0.29, 0.717) is 54.4 Å². The number of ketones is 1. The average molecular weight is 485 g/mol. The Hall–Kier alpha value is -3.55. The lowest BCUT2D eigenvalue weighted by atomic mass is 9.79. The topological polar surface area (TPSA) is 74.7 Å². The minimum Gasteiger partial charge on any atom is -0.512 e. The van der Waals surface area contributed by atoms with Crippen LogP contribution in [-0.2, 0) is 11.2 Å². The van der Waals surface area contributed by atoms with Gasteiger partial charge in [0.15, 0.2) is 5.78 Å². The van der Waals surface area contributed by atoms with Crippen LogP contribution in [0, 0.1) is 6.92 Å². The maximum atomic E-state index is 13.0. The van der Waals surface area contributed by atoms with Crippen LogP contribution in [0.1, 0.15) is 48.9 Å². The first-order chi connectivity index (χ1) is 16.7. The lowest BCUT2D eigenvalue weighted by Crippen LogP contribution is -2.27. The van der Waals surface area contributed by atoms with Crippen molar-refractivity contribution in [2.45, 2.75) is 51.8 Å². The lowest BCUT2D eigenvalue weighted by Gasteiger charge is -2.26. The molecule has 1 fully saturated rings. The summed E-state index contributed by atoms with van der Waals surface area (Å²) in [5, 5.41) is 11.1. The van der Waals surface area contributed by atoms with Gasteiger partial charge in [-0.15, -0.1) is 13.2 Å². The molecule has 1 atom stereocenters. The molecule has 2 aromatic carbocycles. The summed E-state index contributed by atoms with van der Waals surface area (Å²) >= 11 is 0. The number of aryl methyl sites for hydroxylation is 1. The van der Waals surface area contributed by atoms with Crippen LogP contribution in [-0.4, -0.2) is 34.5 Å². The van der Waals surface area contributed by atoms with Crippen molar-refractivity contribution in [1.29, 1.82) is 0 Å². The summed E-state index contributed by atoms with van der Waals surface area (Å²) in [5.74, 6) is -0.385. The molecule has 4 rings (SSSR count). The molecular formula is C27H27F3N2O3. The monoisotopic (exact) mass is 484 g/mol. The number of aliphatic imine (C=N–C) groups is 1. The number of aromatic nitrogens is 1. The van der Waals surface area contributed by atoms with Gasteiger partial charge in [0.1, 0.15) is 11.5 Å². The average Bonchev–Trinajstić information content (AvgIpc) is 3.12. The fourth-order valence-electron chi connectivity index (χ4n) is 4.69. The third kappa shape index (κ3) is 5.58. The van der Waals surface area contributed by atoms with Crippen molar-refractivity contribution in [1.82, 2.24) is 4.98 Å². The number of allylic oxidation sites excluding steroid dienone is 2. The Balaban J connectivity index is 1.61. The molecule has 2 N–H and O–H groups in total. The number of nitrogens with zero attached hydrogens (tertiary/aromatic N) is 1. The van der Waals surface area contributed by atoms with Gasteiger partial charge in [0.25, 0.3) is 0 Å². The Bertz CT molecular complexity index is 1290. The maximum Gasteiger partial charge on any atom is 0.573 e. The number of H-pyrrole nitrogens is 1. The number of ether oxygens (including phenoxy) is 1. The number of aromatic amines is 1. The van der Waals surface area contributed by atoms with Crippen LogP contribution in [0.25, 0.3) is 10.9 Å². The number of fused-ring (bicyclic) bond motifs is 1. The summed E-state index contributed by atoms with van der Waals surface area (Å²) in [5.41, 5.74) is 4.31. The number of hydrogen-bond donors (Lipinski definition) is 2. The van der Waals surface area contributed by atoms with Gasteiger partial charge in [-0.1, -0.05) is 37.3 Å². The predicted octanol–water partition coefficient (Wildman–Crippen LogP) is 6.73. The van der Waals surface area contributed by atoms with Gasteiger partial charge in [0, 0.05) is 41.7 Å². The van der Waals surface area contributed by atoms with Crippen molar-refractivity contribution in [2.24, 2.45) is 4.99 Å². The smallest absolute Gasteiger partial charge is 0.512 e. The Morgan fingerprint density at radius 2 is 1.91 bits per heavy atom. The van der Waals surface area contributed by atoms with Gasteiger partial charge in [-0.05, 0) is 55.0 Å². The van der Waals surface area contributed by atoms with Crippen LogP contribution in [0.2, 0.25) is 0 Å². The van der Waals surface area contributed by atoms with Gasteiger partial charge in [0.05, 0.1) is 5.57 Å². The number of halogens is 3. The second-order valence-electron chi connectivity index (χ2n) is 8.68. The predicted molar refractivity (Wildman–Crippen MR) is 129 cm³/mol. The fraction of sp³-hybridized carbons (Fsp3) is 0.333. The SMILES string of the molecule is CC/C(O)=C1\C(=O)CC(c2ccccc2)CC1=NCCc1c(C)[nH]c2ccc(OC(F)(F)F)cc12. The van der Waals surface area contributed by atoms with Crippen molar-refractivity contribution in [2.75, 3.05) is 6.54 Å². The van der Waals surface area contributed by atoms with E-state index in [1.807, 2.05) is 37.3 Å². The van der Waals surface area contributed by atoms with Crippen LogP contribution in [0.4, 0.5) is 13.2 Å². The summed E-state index contributed by atoms with van der Waals surface area (Å²) in [6.45, 7) is 3.96. The van der Waals surface area contributed by atoms with Gasteiger partial charge in [-0.3, -0.25) is 9.79 Å². The molecular weight excluding hydrogens is 457 g/mol. The second-order valence-corrected chi connectivity index (χ2v) is 8.68. The molecule has 0 aliphatic heterocycles. The van der Waals surface area contributed by atoms with E-state index in [0.717, 1.165) is 16.8 Å². The lowest BCUT2D eigenvalue weighted by molar-refractivity contribution is -0.274. The van der Waals surface area contributed by atoms with Gasteiger partial charge in [0.2, 0.25) is 0 Å². The number of Topliss-reactive ketones (excluding diaryl/α,β-unsaturated/α-hetero) is 1. The highest BCUT2D eigenvalue weighted by Gasteiger charge is 2.32. The second kappa shape index (κ2) is 9.98. The fourth-order valence-corrected chi connectivity index (χ4v) is 4.69. The highest BCUT2D eigenvalue weighted by Crippen LogP contribution is 2.34. The molecule has 1 aromatic heterocycles. The Morgan fingerprint density at radius 1 is 1.17 bits per heavy atom. The zero-order valence-corrected chi connectivity index (χ0v) is 19.6. The summed E-state index contributed by atoms with van der Waals surface area (Å²) in [6.07, 6.45) is -3.13. The molecule has 8 heteroatoms. The molecule has 1 unspecified atom stereocenters. The molecule has 5 nitrogen and oxygen atoms in total. The third-order valence-corrected chi connectivity index (χ3v) is 6.32. The first-order valence-corrected chi connectivity index (χ1v) is 11.6. The highest BCUT2D eigenvalue weighted by molar-refractivity contribution is 6.24. The van der Waals surface area contributed by atoms with Crippen LogP contribution in [0.5, 0.6) is 5.75 Å². The molecule has 184 valence electrons. The van der Waals surface area contributed by atoms with Gasteiger partial charge < -0.3 is 14.8 Å². The third-order valence-electron chi connectivity index (χ3n) is 6.32. The van der Waals surface area contributed by atoms with Crippen molar-refractivity contribution in [3.63, 3.8) is 0 Å². The van der Waals surface area contributed by atoms with Gasteiger partial charge in [-0.2, -0.15) is 0 Å². The first-order valence-electron chi connectivity index (χ1n) is 11.6. The molecule has 0 saturated heterocycles. The molecule has 0 bridgehead atoms. The number of benzene rings is 2. The van der Waals surface area contributed by atoms with Crippen LogP contribution in [0.15, 0.2) is 64.9 Å². The van der Waals surface area contributed by atoms with Crippen LogP contribution < -0.4 is 4.74 Å². The highest BCUT2D eigenvalue weighted by atomic mass is 19.4. The summed E-state index contributed by atoms with van der Waals surface area (Å²) in [6, 6.07) is 14.0. The molecule has 0 amide bonds. The summed E-state index contributed by atoms with van der Waals surface area (Å²) < 4.78 is 42.1. The number of carbonyl (C=O) groups excluding carboxylic acids is 1. The van der Waals surface area contributed by atoms with E-state index in [1.54, 1.807) is 13.0 Å². The van der Waals surface area contributed by atoms with Crippen LogP contribution in [0.3, 0.4) is 0 Å². The van der Waals surface area contributed by atoms with E-state index < -0.39 is 6.36 Å². The molecule has 3 aromatic rings. The number of alkyl halides is 3. The Kier molecular flexibility index (Phi) is 7.00. The van der Waals surface area contributed by atoms with E-state index in [1.165, 1.54) is 12.1 Å². The largest absolute Gasteiger partial charge is 0.573 e. The van der Waals surface area contributed by atoms with Crippen molar-refractivity contribution < 1.29 is 27.8 Å². The van der Waals surface area contributed by atoms with Crippen molar-refractivity contribution in [3.8, 4) is 5.75 Å². The first kappa shape index (κ1) is 24.6. The zero-order chi connectivity index (χ0) is 25.2. The van der Waals surface area contributed by atoms with Crippen molar-refractivity contribution in [3.05, 3.63) is 76.7 Å². The molecule has 1 aliphatic carbocycles. The number of aliphatic hydroxyl groups is 1. The normalized spacial score (nSPS) is 19.4. The quantitative estimate of drug-likeness (QED) is 0.301. The minimum atomic E-state index is -4.77. The molecule has 1 aliphatic rings. The Morgan fingerprint density at radius 3 is 2.60 bits per heavy atom. The molecule has 35 heavy (non-hydrogen) atoms. The van der Waals surface area contributed by atoms with E-state index in [9.17, 15) is 23.1 Å². The Labute approximate surface area is 201 Å². The van der Waals surface area contributed by atoms with Crippen molar-refractivity contribution >= 4 is 22.4 Å². The number of nitrogens with one attached hydrogen (secondary N) is 1. The standard InChI is InChI=1S/C27H27F3N2O3/c1-3-24(33)26-23(13-18(14-25(26)34)17-7-5-4-6-8-17)31-12-11-20-16(2)32-22-10-9-19(15-21(20)22)35-27(28,29)30/h4-10,15,18,32-33H,3,11-14H2,1-2H3/b26-24+,31-23?. The van der Waals surface area contributed by atoms with E-state index in [4.69, 9.17) is 4.99 Å². The van der Waals surface area contributed by atoms with Gasteiger partial charge >= 0.3 is 6.36 Å². The summed E-state index contributed by atoms with van der Waals surface area (Å²) in [7, 11) is 0.